The summed E-state index contributed by atoms with van der Waals surface area (Å²) < 4.78 is 27.6. The Morgan fingerprint density at radius 3 is 2.33 bits per heavy atom. The number of sulfonamides is 1. The topological polar surface area (TPSA) is 58.2 Å². The van der Waals surface area contributed by atoms with Crippen LogP contribution in [0.15, 0.2) is 17.0 Å². The van der Waals surface area contributed by atoms with Gasteiger partial charge >= 0.3 is 0 Å². The monoisotopic (exact) mass is 352 g/mol. The van der Waals surface area contributed by atoms with Crippen molar-refractivity contribution in [3.8, 4) is 0 Å². The largest absolute Gasteiger partial charge is 0.316 e. The minimum atomic E-state index is -3.69. The minimum absolute atomic E-state index is 0.0255. The number of halogens is 2. The lowest BCUT2D eigenvalue weighted by Gasteiger charge is -2.18. The summed E-state index contributed by atoms with van der Waals surface area (Å²) in [5.74, 6) is 0.400. The summed E-state index contributed by atoms with van der Waals surface area (Å²) in [6.45, 7) is 6.37. The highest BCUT2D eigenvalue weighted by Gasteiger charge is 2.23. The van der Waals surface area contributed by atoms with Crippen molar-refractivity contribution in [2.45, 2.75) is 44.7 Å². The average Bonchev–Trinajstić information content (AvgIpc) is 2.31. The maximum atomic E-state index is 12.5. The van der Waals surface area contributed by atoms with Gasteiger partial charge < -0.3 is 5.32 Å². The van der Waals surface area contributed by atoms with Gasteiger partial charge in [-0.05, 0) is 44.0 Å². The Hall–Kier alpha value is -0.330. The SMILES string of the molecule is CNCc1cc(Cl)cc(S(=O)(=O)NC(C)CC(C)C)c1Cl. The fraction of sp³-hybridized carbons (Fsp3) is 0.571. The van der Waals surface area contributed by atoms with Crippen LogP contribution in [0.4, 0.5) is 0 Å². The van der Waals surface area contributed by atoms with E-state index in [4.69, 9.17) is 23.2 Å². The molecular weight excluding hydrogens is 331 g/mol. The van der Waals surface area contributed by atoms with Crippen molar-refractivity contribution in [2.75, 3.05) is 7.05 Å². The summed E-state index contributed by atoms with van der Waals surface area (Å²) in [6.07, 6.45) is 0.751. The Morgan fingerprint density at radius 1 is 1.19 bits per heavy atom. The molecule has 0 saturated carbocycles. The molecular formula is C14H22Cl2N2O2S. The van der Waals surface area contributed by atoms with E-state index in [1.807, 2.05) is 20.8 Å². The quantitative estimate of drug-likeness (QED) is 0.790. The van der Waals surface area contributed by atoms with E-state index in [0.29, 0.717) is 23.0 Å². The van der Waals surface area contributed by atoms with E-state index in [-0.39, 0.29) is 16.0 Å². The second-order valence-electron chi connectivity index (χ2n) is 5.56. The number of rotatable bonds is 7. The first kappa shape index (κ1) is 18.7. The third-order valence-corrected chi connectivity index (χ3v) is 5.31. The lowest BCUT2D eigenvalue weighted by Crippen LogP contribution is -2.33. The maximum absolute atomic E-state index is 12.5. The minimum Gasteiger partial charge on any atom is -0.316 e. The second kappa shape index (κ2) is 7.79. The van der Waals surface area contributed by atoms with Gasteiger partial charge in [0.05, 0.1) is 5.02 Å². The van der Waals surface area contributed by atoms with Gasteiger partial charge in [0.15, 0.2) is 0 Å². The van der Waals surface area contributed by atoms with Gasteiger partial charge in [-0.2, -0.15) is 0 Å². The molecule has 0 aliphatic rings. The normalized spacial score (nSPS) is 13.7. The lowest BCUT2D eigenvalue weighted by atomic mass is 10.1. The number of nitrogens with one attached hydrogen (secondary N) is 2. The molecule has 4 nitrogen and oxygen atoms in total. The molecule has 1 rings (SSSR count). The first-order valence-electron chi connectivity index (χ1n) is 6.82. The zero-order chi connectivity index (χ0) is 16.2. The molecule has 7 heteroatoms. The molecule has 120 valence electrons. The van der Waals surface area contributed by atoms with Gasteiger partial charge in [0.1, 0.15) is 4.90 Å². The van der Waals surface area contributed by atoms with E-state index in [1.165, 1.54) is 6.07 Å². The van der Waals surface area contributed by atoms with Crippen LogP contribution in [0, 0.1) is 5.92 Å². The fourth-order valence-corrected chi connectivity index (χ4v) is 4.40. The molecule has 0 heterocycles. The van der Waals surface area contributed by atoms with Crippen molar-refractivity contribution in [1.29, 1.82) is 0 Å². The van der Waals surface area contributed by atoms with Crippen molar-refractivity contribution < 1.29 is 8.42 Å². The van der Waals surface area contributed by atoms with Gasteiger partial charge in [0.2, 0.25) is 10.0 Å². The van der Waals surface area contributed by atoms with Crippen molar-refractivity contribution in [3.05, 3.63) is 27.7 Å². The Balaban J connectivity index is 3.13. The number of benzene rings is 1. The molecule has 0 fully saturated rings. The van der Waals surface area contributed by atoms with E-state index < -0.39 is 10.0 Å². The second-order valence-corrected chi connectivity index (χ2v) is 8.06. The first-order valence-corrected chi connectivity index (χ1v) is 9.06. The summed E-state index contributed by atoms with van der Waals surface area (Å²) in [6, 6.07) is 2.88. The zero-order valence-corrected chi connectivity index (χ0v) is 15.0. The average molecular weight is 353 g/mol. The highest BCUT2D eigenvalue weighted by molar-refractivity contribution is 7.89. The molecule has 1 aromatic carbocycles. The van der Waals surface area contributed by atoms with Crippen LogP contribution < -0.4 is 10.0 Å². The molecule has 0 aromatic heterocycles. The predicted octanol–water partition coefficient (Wildman–Crippen LogP) is 3.43. The lowest BCUT2D eigenvalue weighted by molar-refractivity contribution is 0.482. The van der Waals surface area contributed by atoms with Crippen molar-refractivity contribution in [2.24, 2.45) is 5.92 Å². The third-order valence-electron chi connectivity index (χ3n) is 2.92. The van der Waals surface area contributed by atoms with Gasteiger partial charge in [-0.1, -0.05) is 37.0 Å². The summed E-state index contributed by atoms with van der Waals surface area (Å²) in [4.78, 5) is 0.0255. The van der Waals surface area contributed by atoms with Gasteiger partial charge in [-0.15, -0.1) is 0 Å². The van der Waals surface area contributed by atoms with Crippen molar-refractivity contribution >= 4 is 33.2 Å². The van der Waals surface area contributed by atoms with Gasteiger partial charge in [0, 0.05) is 17.6 Å². The predicted molar refractivity (Wildman–Crippen MR) is 88.5 cm³/mol. The standard InChI is InChI=1S/C14H22Cl2N2O2S/c1-9(2)5-10(3)18-21(19,20)13-7-12(15)6-11(8-17-4)14(13)16/h6-7,9-10,17-18H,5,8H2,1-4H3. The van der Waals surface area contributed by atoms with Crippen LogP contribution in [0.3, 0.4) is 0 Å². The van der Waals surface area contributed by atoms with Crippen molar-refractivity contribution in [1.82, 2.24) is 10.0 Å². The van der Waals surface area contributed by atoms with Crippen LogP contribution in [0.2, 0.25) is 10.0 Å². The molecule has 2 N–H and O–H groups in total. The van der Waals surface area contributed by atoms with Crippen LogP contribution in [0.25, 0.3) is 0 Å². The first-order chi connectivity index (χ1) is 9.67. The molecule has 1 aromatic rings. The smallest absolute Gasteiger partial charge is 0.242 e. The van der Waals surface area contributed by atoms with Crippen molar-refractivity contribution in [3.63, 3.8) is 0 Å². The number of hydrogen-bond donors (Lipinski definition) is 2. The molecule has 0 bridgehead atoms. The molecule has 21 heavy (non-hydrogen) atoms. The van der Waals surface area contributed by atoms with E-state index >= 15 is 0 Å². The Morgan fingerprint density at radius 2 is 1.81 bits per heavy atom. The summed E-state index contributed by atoms with van der Waals surface area (Å²) >= 11 is 12.2. The molecule has 0 amide bonds. The molecule has 1 atom stereocenters. The van der Waals surface area contributed by atoms with E-state index in [1.54, 1.807) is 13.1 Å². The third kappa shape index (κ3) is 5.42. The van der Waals surface area contributed by atoms with Gasteiger partial charge in [-0.3, -0.25) is 0 Å². The summed E-state index contributed by atoms with van der Waals surface area (Å²) in [7, 11) is -1.93. The van der Waals surface area contributed by atoms with Crippen LogP contribution in [-0.4, -0.2) is 21.5 Å². The van der Waals surface area contributed by atoms with Crippen LogP contribution in [0.1, 0.15) is 32.8 Å². The maximum Gasteiger partial charge on any atom is 0.242 e. The van der Waals surface area contributed by atoms with Gasteiger partial charge in [0.25, 0.3) is 0 Å². The molecule has 0 radical (unpaired) electrons. The van der Waals surface area contributed by atoms with E-state index in [9.17, 15) is 8.42 Å². The van der Waals surface area contributed by atoms with E-state index in [0.717, 1.165) is 6.42 Å². The molecule has 0 aliphatic carbocycles. The van der Waals surface area contributed by atoms with E-state index in [2.05, 4.69) is 10.0 Å². The fourth-order valence-electron chi connectivity index (χ4n) is 2.22. The highest BCUT2D eigenvalue weighted by Crippen LogP contribution is 2.29. The summed E-state index contributed by atoms with van der Waals surface area (Å²) in [5, 5.41) is 3.49. The van der Waals surface area contributed by atoms with Gasteiger partial charge in [-0.25, -0.2) is 13.1 Å². The van der Waals surface area contributed by atoms with Crippen LogP contribution in [0.5, 0.6) is 0 Å². The van der Waals surface area contributed by atoms with Crippen LogP contribution >= 0.6 is 23.2 Å². The molecule has 0 spiro atoms. The summed E-state index contributed by atoms with van der Waals surface area (Å²) in [5.41, 5.74) is 0.656. The Labute approximate surface area is 137 Å². The molecule has 1 unspecified atom stereocenters. The van der Waals surface area contributed by atoms with Crippen LogP contribution in [-0.2, 0) is 16.6 Å². The molecule has 0 aliphatic heterocycles. The number of hydrogen-bond acceptors (Lipinski definition) is 3. The zero-order valence-electron chi connectivity index (χ0n) is 12.7. The highest BCUT2D eigenvalue weighted by atomic mass is 35.5. The Kier molecular flexibility index (Phi) is 6.94. The Bertz CT molecular complexity index is 589. The molecule has 0 saturated heterocycles.